The fourth-order valence-electron chi connectivity index (χ4n) is 4.14. The molecule has 4 heterocycles. The van der Waals surface area contributed by atoms with E-state index in [0.717, 1.165) is 24.7 Å². The molecule has 4 N–H and O–H groups in total. The quantitative estimate of drug-likeness (QED) is 0.332. The van der Waals surface area contributed by atoms with Crippen LogP contribution in [0, 0.1) is 12.7 Å². The Kier molecular flexibility index (Phi) is 6.03. The molecular weight excluding hydrogens is 453 g/mol. The van der Waals surface area contributed by atoms with Crippen LogP contribution in [0.1, 0.15) is 41.9 Å². The number of nitrogens with one attached hydrogen (secondary N) is 3. The van der Waals surface area contributed by atoms with E-state index in [0.29, 0.717) is 35.8 Å². The van der Waals surface area contributed by atoms with E-state index in [9.17, 15) is 14.3 Å². The lowest BCUT2D eigenvalue weighted by Gasteiger charge is -2.26. The third kappa shape index (κ3) is 4.78. The second-order valence-corrected chi connectivity index (χ2v) is 8.70. The molecule has 0 atom stereocenters. The van der Waals surface area contributed by atoms with Gasteiger partial charge in [0, 0.05) is 37.1 Å². The summed E-state index contributed by atoms with van der Waals surface area (Å²) in [4.78, 5) is 21.1. The molecule has 0 unspecified atom stereocenters. The van der Waals surface area contributed by atoms with Gasteiger partial charge in [0.1, 0.15) is 5.82 Å². The number of rotatable bonds is 6. The molecule has 1 aliphatic rings. The number of aryl methyl sites for hydroxylation is 2. The number of aromatic nitrogens is 6. The van der Waals surface area contributed by atoms with Crippen LogP contribution < -0.4 is 16.0 Å². The minimum absolute atomic E-state index is 0.0114. The summed E-state index contributed by atoms with van der Waals surface area (Å²) in [6.07, 6.45) is 6.59. The van der Waals surface area contributed by atoms with Crippen LogP contribution in [0.3, 0.4) is 0 Å². The molecule has 35 heavy (non-hydrogen) atoms. The first-order valence-electron chi connectivity index (χ1n) is 11.4. The van der Waals surface area contributed by atoms with Gasteiger partial charge in [0.2, 0.25) is 0 Å². The van der Waals surface area contributed by atoms with Gasteiger partial charge in [-0.1, -0.05) is 0 Å². The van der Waals surface area contributed by atoms with E-state index in [1.54, 1.807) is 4.68 Å². The molecule has 0 radical (unpaired) electrons. The lowest BCUT2D eigenvalue weighted by molar-refractivity contribution is 0.101. The van der Waals surface area contributed by atoms with Crippen LogP contribution in [-0.4, -0.2) is 52.5 Å². The summed E-state index contributed by atoms with van der Waals surface area (Å²) in [5.41, 5.74) is 2.14. The zero-order valence-electron chi connectivity index (χ0n) is 19.4. The summed E-state index contributed by atoms with van der Waals surface area (Å²) < 4.78 is 17.2. The van der Waals surface area contributed by atoms with Crippen LogP contribution in [0.15, 0.2) is 36.8 Å². The lowest BCUT2D eigenvalue weighted by atomic mass is 9.93. The highest BCUT2D eigenvalue weighted by Gasteiger charge is 2.22. The predicted octanol–water partition coefficient (Wildman–Crippen LogP) is 3.02. The number of imidazole rings is 1. The second kappa shape index (κ2) is 9.29. The molecule has 1 amide bonds. The maximum Gasteiger partial charge on any atom is 0.276 e. The number of carbonyl (C=O) groups excluding carboxylic acids is 1. The largest absolute Gasteiger partial charge is 0.393 e. The van der Waals surface area contributed by atoms with Crippen molar-refractivity contribution in [1.29, 1.82) is 0 Å². The maximum absolute atomic E-state index is 14.0. The number of aliphatic hydroxyl groups excluding tert-OH is 1. The maximum atomic E-state index is 14.0. The zero-order chi connectivity index (χ0) is 24.5. The topological polar surface area (TPSA) is 134 Å². The van der Waals surface area contributed by atoms with Crippen molar-refractivity contribution >= 4 is 34.6 Å². The van der Waals surface area contributed by atoms with E-state index in [1.165, 1.54) is 23.0 Å². The Labute approximate surface area is 200 Å². The van der Waals surface area contributed by atoms with Crippen molar-refractivity contribution in [2.45, 2.75) is 44.8 Å². The summed E-state index contributed by atoms with van der Waals surface area (Å²) in [5, 5.41) is 28.1. The molecule has 0 saturated heterocycles. The molecule has 1 saturated carbocycles. The number of nitrogens with zero attached hydrogens (tertiary/aromatic N) is 6. The van der Waals surface area contributed by atoms with Crippen molar-refractivity contribution in [1.82, 2.24) is 29.4 Å². The number of carbonyl (C=O) groups is 1. The van der Waals surface area contributed by atoms with E-state index in [4.69, 9.17) is 0 Å². The Bertz CT molecular complexity index is 1360. The molecule has 4 aromatic heterocycles. The number of amides is 1. The minimum atomic E-state index is -0.641. The molecule has 0 bridgehead atoms. The van der Waals surface area contributed by atoms with Gasteiger partial charge in [-0.25, -0.2) is 13.9 Å². The van der Waals surface area contributed by atoms with Gasteiger partial charge in [-0.05, 0) is 38.7 Å². The van der Waals surface area contributed by atoms with Gasteiger partial charge in [0.25, 0.3) is 5.91 Å². The number of hydrogen-bond acceptors (Lipinski definition) is 8. The van der Waals surface area contributed by atoms with Gasteiger partial charge in [-0.15, -0.1) is 5.10 Å². The van der Waals surface area contributed by atoms with E-state index < -0.39 is 11.7 Å². The Morgan fingerprint density at radius 3 is 2.63 bits per heavy atom. The average molecular weight is 480 g/mol. The molecule has 5 rings (SSSR count). The summed E-state index contributed by atoms with van der Waals surface area (Å²) in [7, 11) is 1.85. The van der Waals surface area contributed by atoms with Crippen molar-refractivity contribution in [3.05, 3.63) is 54.0 Å². The standard InChI is InChI=1S/C23H26FN9O2/c1-13-9-20(30-32(13)2)28-18-10-21(27-14-3-5-15(34)6-4-14)31-33-19(12-26-22(18)33)23(35)29-17-7-8-25-11-16(17)24/h7-12,14-15,34H,3-6H2,1-2H3,(H,27,31)(H,28,30)(H,25,29,35). The van der Waals surface area contributed by atoms with Crippen molar-refractivity contribution in [2.75, 3.05) is 16.0 Å². The van der Waals surface area contributed by atoms with Crippen molar-refractivity contribution in [2.24, 2.45) is 7.05 Å². The van der Waals surface area contributed by atoms with Gasteiger partial charge in [-0.3, -0.25) is 14.5 Å². The van der Waals surface area contributed by atoms with Gasteiger partial charge in [0.05, 0.1) is 29.9 Å². The molecule has 0 spiro atoms. The first kappa shape index (κ1) is 22.7. The number of hydrogen-bond donors (Lipinski definition) is 4. The Hall–Kier alpha value is -4.06. The van der Waals surface area contributed by atoms with Gasteiger partial charge in [0.15, 0.2) is 23.0 Å². The predicted molar refractivity (Wildman–Crippen MR) is 128 cm³/mol. The van der Waals surface area contributed by atoms with Crippen LogP contribution in [0.5, 0.6) is 0 Å². The van der Waals surface area contributed by atoms with Gasteiger partial charge >= 0.3 is 0 Å². The fraction of sp³-hybridized carbons (Fsp3) is 0.348. The van der Waals surface area contributed by atoms with Gasteiger partial charge < -0.3 is 21.1 Å². The number of aliphatic hydroxyl groups is 1. The van der Waals surface area contributed by atoms with Crippen LogP contribution in [0.4, 0.5) is 27.4 Å². The van der Waals surface area contributed by atoms with E-state index in [-0.39, 0.29) is 23.5 Å². The molecule has 4 aromatic rings. The number of fused-ring (bicyclic) bond motifs is 1. The monoisotopic (exact) mass is 479 g/mol. The second-order valence-electron chi connectivity index (χ2n) is 8.70. The normalized spacial score (nSPS) is 17.9. The lowest BCUT2D eigenvalue weighted by Crippen LogP contribution is -2.29. The molecule has 1 aliphatic carbocycles. The SMILES string of the molecule is Cc1cc(Nc2cc(NC3CCC(O)CC3)nn3c(C(=O)Nc4ccncc4F)cnc23)nn1C. The number of anilines is 4. The summed E-state index contributed by atoms with van der Waals surface area (Å²) >= 11 is 0. The van der Waals surface area contributed by atoms with Crippen LogP contribution in [0.2, 0.25) is 0 Å². The summed E-state index contributed by atoms with van der Waals surface area (Å²) in [5.74, 6) is -0.0427. The zero-order valence-corrected chi connectivity index (χ0v) is 19.4. The van der Waals surface area contributed by atoms with E-state index >= 15 is 0 Å². The van der Waals surface area contributed by atoms with Crippen LogP contribution in [-0.2, 0) is 7.05 Å². The molecule has 0 aliphatic heterocycles. The first-order chi connectivity index (χ1) is 16.9. The Balaban J connectivity index is 1.51. The fourth-order valence-corrected chi connectivity index (χ4v) is 4.14. The highest BCUT2D eigenvalue weighted by atomic mass is 19.1. The molecule has 0 aromatic carbocycles. The van der Waals surface area contributed by atoms with Crippen molar-refractivity contribution < 1.29 is 14.3 Å². The Morgan fingerprint density at radius 1 is 1.11 bits per heavy atom. The van der Waals surface area contributed by atoms with Crippen molar-refractivity contribution in [3.8, 4) is 0 Å². The van der Waals surface area contributed by atoms with Crippen LogP contribution in [0.25, 0.3) is 5.65 Å². The first-order valence-corrected chi connectivity index (χ1v) is 11.4. The molecular formula is C23H26FN9O2. The molecule has 1 fully saturated rings. The number of halogens is 1. The summed E-state index contributed by atoms with van der Waals surface area (Å²) in [6, 6.07) is 5.24. The molecule has 12 heteroatoms. The van der Waals surface area contributed by atoms with Crippen molar-refractivity contribution in [3.63, 3.8) is 0 Å². The van der Waals surface area contributed by atoms with Crippen LogP contribution >= 0.6 is 0 Å². The Morgan fingerprint density at radius 2 is 1.91 bits per heavy atom. The van der Waals surface area contributed by atoms with E-state index in [1.807, 2.05) is 26.1 Å². The number of pyridine rings is 1. The summed E-state index contributed by atoms with van der Waals surface area (Å²) in [6.45, 7) is 1.95. The average Bonchev–Trinajstić information content (AvgIpc) is 3.39. The van der Waals surface area contributed by atoms with Gasteiger partial charge in [-0.2, -0.15) is 5.10 Å². The third-order valence-corrected chi connectivity index (χ3v) is 6.15. The molecule has 11 nitrogen and oxygen atoms in total. The molecule has 182 valence electrons. The third-order valence-electron chi connectivity index (χ3n) is 6.15. The van der Waals surface area contributed by atoms with E-state index in [2.05, 4.69) is 36.1 Å². The smallest absolute Gasteiger partial charge is 0.276 e. The highest BCUT2D eigenvalue weighted by Crippen LogP contribution is 2.27. The minimum Gasteiger partial charge on any atom is -0.393 e. The highest BCUT2D eigenvalue weighted by molar-refractivity contribution is 6.03.